The highest BCUT2D eigenvalue weighted by Gasteiger charge is 2.15. The number of para-hydroxylation sites is 1. The number of nitrogens with two attached hydrogens (primary N) is 1. The Hall–Kier alpha value is -2.40. The van der Waals surface area contributed by atoms with Crippen LogP contribution < -0.4 is 5.73 Å². The fourth-order valence-corrected chi connectivity index (χ4v) is 2.30. The normalized spacial score (nSPS) is 10.8. The summed E-state index contributed by atoms with van der Waals surface area (Å²) in [6, 6.07) is 11.8. The summed E-state index contributed by atoms with van der Waals surface area (Å²) in [5, 5.41) is 4.40. The van der Waals surface area contributed by atoms with Gasteiger partial charge in [-0.2, -0.15) is 5.10 Å². The average Bonchev–Trinajstić information content (AvgIpc) is 2.81. The van der Waals surface area contributed by atoms with Gasteiger partial charge in [-0.05, 0) is 24.3 Å². The fourth-order valence-electron chi connectivity index (χ4n) is 2.05. The maximum atomic E-state index is 13.9. The van der Waals surface area contributed by atoms with Crippen molar-refractivity contribution < 1.29 is 8.78 Å². The highest BCUT2D eigenvalue weighted by Crippen LogP contribution is 2.28. The predicted octanol–water partition coefficient (Wildman–Crippen LogP) is 4.05. The Morgan fingerprint density at radius 1 is 1.05 bits per heavy atom. The minimum absolute atomic E-state index is 0.0688. The molecule has 0 aliphatic heterocycles. The molecule has 0 saturated carbocycles. The van der Waals surface area contributed by atoms with Crippen molar-refractivity contribution in [1.29, 1.82) is 0 Å². The highest BCUT2D eigenvalue weighted by atomic mass is 35.5. The molecule has 0 fully saturated rings. The van der Waals surface area contributed by atoms with Crippen LogP contribution in [0.1, 0.15) is 0 Å². The van der Waals surface area contributed by atoms with E-state index in [1.165, 1.54) is 35.0 Å². The molecule has 3 rings (SSSR count). The Kier molecular flexibility index (Phi) is 3.35. The van der Waals surface area contributed by atoms with Crippen LogP contribution in [-0.4, -0.2) is 9.78 Å². The van der Waals surface area contributed by atoms with Crippen LogP contribution in [0.25, 0.3) is 16.9 Å². The lowest BCUT2D eigenvalue weighted by atomic mass is 10.1. The van der Waals surface area contributed by atoms with Crippen LogP contribution in [0.5, 0.6) is 0 Å². The summed E-state index contributed by atoms with van der Waals surface area (Å²) < 4.78 is 28.4. The third kappa shape index (κ3) is 2.48. The molecule has 1 heterocycles. The monoisotopic (exact) mass is 305 g/mol. The molecule has 3 nitrogen and oxygen atoms in total. The van der Waals surface area contributed by atoms with Gasteiger partial charge < -0.3 is 5.73 Å². The summed E-state index contributed by atoms with van der Waals surface area (Å²) >= 11 is 6.00. The molecule has 0 saturated heterocycles. The Bertz CT molecular complexity index is 794. The number of hydrogen-bond acceptors (Lipinski definition) is 2. The molecular formula is C15H10ClF2N3. The predicted molar refractivity (Wildman–Crippen MR) is 78.3 cm³/mol. The summed E-state index contributed by atoms with van der Waals surface area (Å²) in [5.74, 6) is -0.714. The second-order valence-electron chi connectivity index (χ2n) is 4.45. The molecule has 0 amide bonds. The lowest BCUT2D eigenvalue weighted by Crippen LogP contribution is -2.04. The second kappa shape index (κ2) is 5.18. The SMILES string of the molecule is Nc1cc(-c2cccc(F)c2)nn1-c1c(F)cccc1Cl. The Morgan fingerprint density at radius 3 is 2.52 bits per heavy atom. The number of halogens is 3. The van der Waals surface area contributed by atoms with Crippen LogP contribution in [0.4, 0.5) is 14.6 Å². The average molecular weight is 306 g/mol. The van der Waals surface area contributed by atoms with Gasteiger partial charge in [0.05, 0.1) is 10.7 Å². The summed E-state index contributed by atoms with van der Waals surface area (Å²) in [4.78, 5) is 0. The lowest BCUT2D eigenvalue weighted by molar-refractivity contribution is 0.612. The first kappa shape index (κ1) is 13.6. The van der Waals surface area contributed by atoms with Crippen molar-refractivity contribution in [3.8, 4) is 16.9 Å². The zero-order valence-electron chi connectivity index (χ0n) is 10.7. The van der Waals surface area contributed by atoms with Gasteiger partial charge >= 0.3 is 0 Å². The smallest absolute Gasteiger partial charge is 0.150 e. The molecule has 3 aromatic rings. The van der Waals surface area contributed by atoms with E-state index < -0.39 is 5.82 Å². The van der Waals surface area contributed by atoms with E-state index in [0.717, 1.165) is 0 Å². The maximum Gasteiger partial charge on any atom is 0.150 e. The Morgan fingerprint density at radius 2 is 1.81 bits per heavy atom. The minimum Gasteiger partial charge on any atom is -0.384 e. The number of benzene rings is 2. The zero-order valence-corrected chi connectivity index (χ0v) is 11.5. The Balaban J connectivity index is 2.15. The van der Waals surface area contributed by atoms with E-state index >= 15 is 0 Å². The Labute approximate surface area is 124 Å². The number of hydrogen-bond donors (Lipinski definition) is 1. The summed E-state index contributed by atoms with van der Waals surface area (Å²) in [6.45, 7) is 0. The van der Waals surface area contributed by atoms with Crippen molar-refractivity contribution in [2.45, 2.75) is 0 Å². The molecule has 0 aliphatic carbocycles. The highest BCUT2D eigenvalue weighted by molar-refractivity contribution is 6.32. The molecule has 2 N–H and O–H groups in total. The van der Waals surface area contributed by atoms with Crippen LogP contribution in [-0.2, 0) is 0 Å². The number of nitrogens with zero attached hydrogens (tertiary/aromatic N) is 2. The molecule has 6 heteroatoms. The van der Waals surface area contributed by atoms with E-state index in [2.05, 4.69) is 5.10 Å². The van der Waals surface area contributed by atoms with Crippen molar-refractivity contribution in [2.24, 2.45) is 0 Å². The molecule has 0 aliphatic rings. The number of rotatable bonds is 2. The van der Waals surface area contributed by atoms with Gasteiger partial charge in [-0.15, -0.1) is 0 Å². The van der Waals surface area contributed by atoms with Gasteiger partial charge in [0.15, 0.2) is 0 Å². The van der Waals surface area contributed by atoms with E-state index in [1.54, 1.807) is 18.2 Å². The van der Waals surface area contributed by atoms with Gasteiger partial charge in [0.1, 0.15) is 23.1 Å². The summed E-state index contributed by atoms with van der Waals surface area (Å²) in [6.07, 6.45) is 0. The van der Waals surface area contributed by atoms with Crippen molar-refractivity contribution in [1.82, 2.24) is 9.78 Å². The molecule has 106 valence electrons. The minimum atomic E-state index is -0.539. The van der Waals surface area contributed by atoms with Crippen LogP contribution >= 0.6 is 11.6 Å². The maximum absolute atomic E-state index is 13.9. The van der Waals surface area contributed by atoms with Crippen LogP contribution in [0, 0.1) is 11.6 Å². The van der Waals surface area contributed by atoms with Crippen molar-refractivity contribution >= 4 is 17.4 Å². The van der Waals surface area contributed by atoms with Crippen molar-refractivity contribution in [3.63, 3.8) is 0 Å². The molecule has 0 radical (unpaired) electrons. The third-order valence-electron chi connectivity index (χ3n) is 3.01. The van der Waals surface area contributed by atoms with E-state index in [0.29, 0.717) is 11.3 Å². The first-order valence-electron chi connectivity index (χ1n) is 6.12. The van der Waals surface area contributed by atoms with Crippen LogP contribution in [0.2, 0.25) is 5.02 Å². The van der Waals surface area contributed by atoms with Gasteiger partial charge in [0, 0.05) is 11.6 Å². The van der Waals surface area contributed by atoms with E-state index in [1.807, 2.05) is 0 Å². The number of anilines is 1. The van der Waals surface area contributed by atoms with Gasteiger partial charge in [-0.3, -0.25) is 0 Å². The quantitative estimate of drug-likeness (QED) is 0.776. The number of aromatic nitrogens is 2. The summed E-state index contributed by atoms with van der Waals surface area (Å²) in [5.41, 5.74) is 6.92. The van der Waals surface area contributed by atoms with Gasteiger partial charge in [0.2, 0.25) is 0 Å². The molecule has 2 aromatic carbocycles. The van der Waals surface area contributed by atoms with Gasteiger partial charge in [-0.25, -0.2) is 13.5 Å². The van der Waals surface area contributed by atoms with Gasteiger partial charge in [0.25, 0.3) is 0 Å². The van der Waals surface area contributed by atoms with Crippen molar-refractivity contribution in [3.05, 3.63) is 65.2 Å². The topological polar surface area (TPSA) is 43.8 Å². The summed E-state index contributed by atoms with van der Waals surface area (Å²) in [7, 11) is 0. The molecular weight excluding hydrogens is 296 g/mol. The van der Waals surface area contributed by atoms with E-state index in [-0.39, 0.29) is 22.3 Å². The first-order valence-corrected chi connectivity index (χ1v) is 6.50. The molecule has 1 aromatic heterocycles. The zero-order chi connectivity index (χ0) is 15.0. The lowest BCUT2D eigenvalue weighted by Gasteiger charge is -2.07. The van der Waals surface area contributed by atoms with Crippen molar-refractivity contribution in [2.75, 3.05) is 5.73 Å². The number of nitrogen functional groups attached to an aromatic ring is 1. The van der Waals surface area contributed by atoms with E-state index in [9.17, 15) is 8.78 Å². The van der Waals surface area contributed by atoms with Gasteiger partial charge in [-0.1, -0.05) is 29.8 Å². The molecule has 0 unspecified atom stereocenters. The first-order chi connectivity index (χ1) is 10.1. The fraction of sp³-hybridized carbons (Fsp3) is 0. The third-order valence-corrected chi connectivity index (χ3v) is 3.31. The molecule has 0 spiro atoms. The standard InChI is InChI=1S/C15H10ClF2N3/c16-11-5-2-6-12(18)15(11)21-14(19)8-13(20-21)9-3-1-4-10(17)7-9/h1-8H,19H2. The second-order valence-corrected chi connectivity index (χ2v) is 4.85. The molecule has 0 bridgehead atoms. The molecule has 21 heavy (non-hydrogen) atoms. The van der Waals surface area contributed by atoms with E-state index in [4.69, 9.17) is 17.3 Å². The largest absolute Gasteiger partial charge is 0.384 e. The van der Waals surface area contributed by atoms with Crippen LogP contribution in [0.3, 0.4) is 0 Å². The molecule has 0 atom stereocenters. The van der Waals surface area contributed by atoms with Crippen LogP contribution in [0.15, 0.2) is 48.5 Å².